The molecule has 0 spiro atoms. The molecule has 109 heavy (non-hydrogen) atoms. The minimum absolute atomic E-state index is 0.135. The number of hydrogen-bond acceptors (Lipinski definition) is 30. The molecule has 5 heterocycles. The zero-order valence-electron chi connectivity index (χ0n) is 64.2. The maximum absolute atomic E-state index is 13.8. The van der Waals surface area contributed by atoms with E-state index in [1.807, 2.05) is 6.08 Å². The zero-order chi connectivity index (χ0) is 80.2. The number of hydrogen-bond donors (Lipinski definition) is 20. The first kappa shape index (κ1) is 96.2. The van der Waals surface area contributed by atoms with Crippen molar-refractivity contribution < 1.29 is 153 Å². The van der Waals surface area contributed by atoms with Crippen molar-refractivity contribution in [2.24, 2.45) is 0 Å². The Labute approximate surface area is 640 Å². The lowest BCUT2D eigenvalue weighted by Gasteiger charge is -2.52. The number of carbonyl (C=O) groups excluding carboxylic acids is 3. The van der Waals surface area contributed by atoms with E-state index in [9.17, 15) is 106 Å². The number of allylic oxidation sites excluding steroid dienone is 1. The van der Waals surface area contributed by atoms with Crippen LogP contribution in [0.15, 0.2) is 12.2 Å². The fraction of sp³-hybridized carbons (Fsp3) is 0.920. The lowest BCUT2D eigenvalue weighted by atomic mass is 9.88. The second kappa shape index (κ2) is 51.5. The van der Waals surface area contributed by atoms with Gasteiger partial charge in [0.2, 0.25) is 17.7 Å². The number of rotatable bonds is 54. The normalized spacial score (nSPS) is 34.2. The smallest absolute Gasteiger partial charge is 0.364 e. The average Bonchev–Trinajstić information content (AvgIpc) is 0.750. The predicted octanol–water partition coefficient (Wildman–Crippen LogP) is -0.262. The van der Waals surface area contributed by atoms with Crippen molar-refractivity contribution >= 4 is 23.7 Å². The van der Waals surface area contributed by atoms with Crippen LogP contribution in [0.3, 0.4) is 0 Å². The molecule has 5 aliphatic rings. The summed E-state index contributed by atoms with van der Waals surface area (Å²) in [6.45, 7) is 0.333. The Morgan fingerprint density at radius 2 is 0.908 bits per heavy atom. The fourth-order valence-corrected chi connectivity index (χ4v) is 14.7. The summed E-state index contributed by atoms with van der Waals surface area (Å²) in [6, 6.07) is -4.81. The summed E-state index contributed by atoms with van der Waals surface area (Å²) in [7, 11) is 0. The third-order valence-electron chi connectivity index (χ3n) is 21.1. The number of aliphatic hydroxyl groups is 16. The first-order chi connectivity index (χ1) is 52.3. The van der Waals surface area contributed by atoms with Crippen molar-refractivity contribution in [2.45, 2.75) is 398 Å². The van der Waals surface area contributed by atoms with Crippen molar-refractivity contribution in [3.05, 3.63) is 12.2 Å². The zero-order valence-corrected chi connectivity index (χ0v) is 64.2. The van der Waals surface area contributed by atoms with Gasteiger partial charge in [-0.3, -0.25) is 14.4 Å². The van der Waals surface area contributed by atoms with Gasteiger partial charge in [-0.15, -0.1) is 0 Å². The molecule has 5 rings (SSSR count). The van der Waals surface area contributed by atoms with E-state index in [2.05, 4.69) is 29.8 Å². The summed E-state index contributed by atoms with van der Waals surface area (Å²) in [5.41, 5.74) is 0. The molecule has 2 unspecified atom stereocenters. The second-order valence-corrected chi connectivity index (χ2v) is 30.0. The summed E-state index contributed by atoms with van der Waals surface area (Å²) in [5.74, 6) is -7.71. The molecule has 34 nitrogen and oxygen atoms in total. The summed E-state index contributed by atoms with van der Waals surface area (Å²) in [5, 5.41) is 197. The molecule has 0 radical (unpaired) electrons. The van der Waals surface area contributed by atoms with Crippen LogP contribution in [-0.2, 0) is 66.5 Å². The third kappa shape index (κ3) is 30.3. The summed E-state index contributed by atoms with van der Waals surface area (Å²) < 4.78 is 60.1. The number of amides is 3. The van der Waals surface area contributed by atoms with Crippen molar-refractivity contribution in [2.75, 3.05) is 39.6 Å². The number of nitrogens with one attached hydrogen (secondary N) is 3. The van der Waals surface area contributed by atoms with E-state index < -0.39 is 235 Å². The Bertz CT molecular complexity index is 2540. The van der Waals surface area contributed by atoms with Gasteiger partial charge in [-0.2, -0.15) is 0 Å². The highest BCUT2D eigenvalue weighted by Gasteiger charge is 2.62. The quantitative estimate of drug-likeness (QED) is 0.0275. The Morgan fingerprint density at radius 3 is 1.41 bits per heavy atom. The number of unbranched alkanes of at least 4 members (excludes halogenated alkanes) is 27. The van der Waals surface area contributed by atoms with Gasteiger partial charge in [0.15, 0.2) is 25.2 Å². The molecule has 3 amide bonds. The number of ether oxygens (including phenoxy) is 10. The van der Waals surface area contributed by atoms with Crippen molar-refractivity contribution in [1.82, 2.24) is 16.0 Å². The third-order valence-corrected chi connectivity index (χ3v) is 21.1. The van der Waals surface area contributed by atoms with Gasteiger partial charge in [0, 0.05) is 26.7 Å². The number of carbonyl (C=O) groups is 4. The van der Waals surface area contributed by atoms with Gasteiger partial charge >= 0.3 is 5.97 Å². The highest BCUT2D eigenvalue weighted by atomic mass is 16.8. The van der Waals surface area contributed by atoms with Gasteiger partial charge in [0.1, 0.15) is 116 Å². The van der Waals surface area contributed by atoms with Crippen LogP contribution < -0.4 is 16.0 Å². The maximum Gasteiger partial charge on any atom is 0.364 e. The van der Waals surface area contributed by atoms with E-state index in [4.69, 9.17) is 47.4 Å². The van der Waals surface area contributed by atoms with E-state index in [1.165, 1.54) is 116 Å². The lowest BCUT2D eigenvalue weighted by Crippen LogP contribution is -2.72. The second-order valence-electron chi connectivity index (χ2n) is 30.0. The van der Waals surface area contributed by atoms with E-state index in [0.717, 1.165) is 71.6 Å². The van der Waals surface area contributed by atoms with Gasteiger partial charge in [0.05, 0.1) is 63.9 Å². The molecular formula is C75H135N3O31. The van der Waals surface area contributed by atoms with Crippen LogP contribution in [-0.4, -0.2) is 321 Å². The SMILES string of the molecule is CCCCCCCCCCCCCC=C[C@@H](O)[C@H](CO[C@@H]1O[C@H](CO)[C@@H](O[C@@H]2O[C@H](CO)[C@H](O[C@@H]3O[C@H](CO)[C@H](O)[C@H](O[C@@H]4O[C@H](CO)[C@H](O)[C@H](O)[C@H]4O)[C@H]3NC(C)=O)[C@H](O[C@]3(C(=O)O)C[C@H](O)[C@@H](NC(C)=O)C([C@@H](O)[C@@H](O)CO)O3)[C@H]2O)[C@H](O)C1O)NC(=O)CCCCCCCCCCCCCCCCCCC. The van der Waals surface area contributed by atoms with Gasteiger partial charge in [-0.25, -0.2) is 4.79 Å². The van der Waals surface area contributed by atoms with Crippen LogP contribution in [0.25, 0.3) is 0 Å². The van der Waals surface area contributed by atoms with E-state index in [0.29, 0.717) is 12.8 Å². The minimum Gasteiger partial charge on any atom is -0.477 e. The van der Waals surface area contributed by atoms with Crippen molar-refractivity contribution in [3.8, 4) is 0 Å². The van der Waals surface area contributed by atoms with Gasteiger partial charge in [-0.05, 0) is 19.3 Å². The summed E-state index contributed by atoms with van der Waals surface area (Å²) >= 11 is 0. The Balaban J connectivity index is 1.38. The van der Waals surface area contributed by atoms with Gasteiger partial charge < -0.3 is 150 Å². The molecule has 0 aromatic heterocycles. The molecule has 34 heteroatoms. The topological polar surface area (TPSA) is 541 Å². The van der Waals surface area contributed by atoms with Crippen LogP contribution in [0.2, 0.25) is 0 Å². The van der Waals surface area contributed by atoms with E-state index in [1.54, 1.807) is 6.08 Å². The summed E-state index contributed by atoms with van der Waals surface area (Å²) in [4.78, 5) is 53.0. The Kier molecular flexibility index (Phi) is 45.5. The molecule has 0 saturated carbocycles. The van der Waals surface area contributed by atoms with Gasteiger partial charge in [-0.1, -0.05) is 193 Å². The molecule has 5 fully saturated rings. The molecule has 5 aliphatic heterocycles. The molecule has 20 N–H and O–H groups in total. The number of carboxylic acids is 1. The van der Waals surface area contributed by atoms with Crippen molar-refractivity contribution in [3.63, 3.8) is 0 Å². The Morgan fingerprint density at radius 1 is 0.477 bits per heavy atom. The predicted molar refractivity (Wildman–Crippen MR) is 388 cm³/mol. The standard InChI is InChI=1S/C75H135N3O31/c1-5-7-9-11-13-15-17-19-20-21-22-24-26-28-30-32-34-36-54(89)78-46(47(86)35-33-31-29-27-25-23-18-16-14-12-10-8-6-2)43-100-71-63(96)61(94)65(52(41-82)103-71)105-73-64(97)69(109-75(74(98)99)37-48(87)55(76-44(3)84)68(108-75)57(90)49(88)38-79)66(53(42-83)104-73)106-70-56(77-45(4)85)67(59(92)51(40-81)101-70)107-72-62(95)60(93)58(91)50(39-80)102-72/h33,35,46-53,55-73,79-83,86-88,90-97H,5-32,34,36-43H2,1-4H3,(H,76,84)(H,77,85)(H,78,89)(H,98,99)/t46-,47+,48-,49-,50+,51+,52+,53+,55+,56+,57-,58-,59-,60-,61+,62+,63?,64+,65+,66-,67+,68?,69+,70-,71+,72-,73-,75-/m0/s1. The largest absolute Gasteiger partial charge is 0.477 e. The average molecular weight is 1570 g/mol. The number of aliphatic carboxylic acids is 1. The Hall–Kier alpha value is -3.42. The van der Waals surface area contributed by atoms with Crippen LogP contribution in [0, 0.1) is 0 Å². The molecule has 0 aromatic carbocycles. The molecule has 0 bridgehead atoms. The van der Waals surface area contributed by atoms with E-state index >= 15 is 0 Å². The van der Waals surface area contributed by atoms with Crippen LogP contribution in [0.5, 0.6) is 0 Å². The van der Waals surface area contributed by atoms with Crippen LogP contribution in [0.4, 0.5) is 0 Å². The molecule has 5 saturated heterocycles. The molecular weight excluding hydrogens is 1440 g/mol. The van der Waals surface area contributed by atoms with Crippen molar-refractivity contribution in [1.29, 1.82) is 0 Å². The minimum atomic E-state index is -3.38. The van der Waals surface area contributed by atoms with Crippen LogP contribution in [0.1, 0.15) is 227 Å². The maximum atomic E-state index is 13.8. The number of carboxylic acid groups (broad SMARTS) is 1. The van der Waals surface area contributed by atoms with Crippen LogP contribution >= 0.6 is 0 Å². The molecule has 0 aromatic rings. The summed E-state index contributed by atoms with van der Waals surface area (Å²) in [6.07, 6.45) is -14.0. The molecule has 0 aliphatic carbocycles. The first-order valence-corrected chi connectivity index (χ1v) is 40.1. The highest BCUT2D eigenvalue weighted by molar-refractivity contribution is 5.77. The monoisotopic (exact) mass is 1570 g/mol. The highest BCUT2D eigenvalue weighted by Crippen LogP contribution is 2.41. The molecule has 28 atom stereocenters. The molecule has 636 valence electrons. The first-order valence-electron chi connectivity index (χ1n) is 40.1. The fourth-order valence-electron chi connectivity index (χ4n) is 14.7. The van der Waals surface area contributed by atoms with Gasteiger partial charge in [0.25, 0.3) is 5.79 Å². The number of aliphatic hydroxyl groups excluding tert-OH is 16. The van der Waals surface area contributed by atoms with E-state index in [-0.39, 0.29) is 12.3 Å². The lowest BCUT2D eigenvalue weighted by molar-refractivity contribution is -0.403.